The molecule has 0 saturated carbocycles. The highest BCUT2D eigenvalue weighted by atomic mass is 16.5. The highest BCUT2D eigenvalue weighted by Crippen LogP contribution is 2.16. The van der Waals surface area contributed by atoms with Crippen molar-refractivity contribution >= 4 is 0 Å². The molecule has 1 aliphatic rings. The Morgan fingerprint density at radius 1 is 1.07 bits per heavy atom. The fourth-order valence-corrected chi connectivity index (χ4v) is 3.26. The summed E-state index contributed by atoms with van der Waals surface area (Å²) >= 11 is 0. The standard InChI is InChI=1S/C22H30N2O3/c1-23(18-22(25)20-5-3-2-4-6-20)17-19-7-9-21(10-8-19)27-16-13-24-11-14-26-15-12-24/h2-10,22,25H,11-18H2,1H3. The average molecular weight is 370 g/mol. The average Bonchev–Trinajstić information content (AvgIpc) is 2.71. The zero-order valence-corrected chi connectivity index (χ0v) is 16.1. The quantitative estimate of drug-likeness (QED) is 0.735. The summed E-state index contributed by atoms with van der Waals surface area (Å²) < 4.78 is 11.2. The van der Waals surface area contributed by atoms with Gasteiger partial charge in [-0.1, -0.05) is 42.5 Å². The SMILES string of the molecule is CN(Cc1ccc(OCCN2CCOCC2)cc1)CC(O)c1ccccc1. The van der Waals surface area contributed by atoms with Gasteiger partial charge < -0.3 is 14.6 Å². The summed E-state index contributed by atoms with van der Waals surface area (Å²) in [5.41, 5.74) is 2.16. The molecule has 5 heteroatoms. The molecule has 0 aromatic heterocycles. The highest BCUT2D eigenvalue weighted by molar-refractivity contribution is 5.27. The third-order valence-electron chi connectivity index (χ3n) is 4.82. The zero-order valence-electron chi connectivity index (χ0n) is 16.1. The summed E-state index contributed by atoms with van der Waals surface area (Å²) in [5, 5.41) is 10.3. The molecule has 0 bridgehead atoms. The van der Waals surface area contributed by atoms with E-state index in [0.717, 1.165) is 50.7 Å². The number of hydrogen-bond donors (Lipinski definition) is 1. The van der Waals surface area contributed by atoms with Crippen molar-refractivity contribution in [3.63, 3.8) is 0 Å². The van der Waals surface area contributed by atoms with Gasteiger partial charge in [0, 0.05) is 32.7 Å². The van der Waals surface area contributed by atoms with Gasteiger partial charge in [-0.25, -0.2) is 0 Å². The second-order valence-electron chi connectivity index (χ2n) is 7.07. The van der Waals surface area contributed by atoms with Crippen LogP contribution in [0.2, 0.25) is 0 Å². The van der Waals surface area contributed by atoms with E-state index >= 15 is 0 Å². The van der Waals surface area contributed by atoms with Crippen molar-refractivity contribution in [3.8, 4) is 5.75 Å². The first-order valence-electron chi connectivity index (χ1n) is 9.64. The van der Waals surface area contributed by atoms with Crippen LogP contribution in [0.15, 0.2) is 54.6 Å². The number of benzene rings is 2. The van der Waals surface area contributed by atoms with E-state index in [9.17, 15) is 5.11 Å². The highest BCUT2D eigenvalue weighted by Gasteiger charge is 2.11. The zero-order chi connectivity index (χ0) is 18.9. The molecule has 1 heterocycles. The van der Waals surface area contributed by atoms with E-state index in [-0.39, 0.29) is 0 Å². The molecule has 3 rings (SSSR count). The Morgan fingerprint density at radius 2 is 1.78 bits per heavy atom. The first-order chi connectivity index (χ1) is 13.2. The monoisotopic (exact) mass is 370 g/mol. The molecule has 1 unspecified atom stereocenters. The van der Waals surface area contributed by atoms with Crippen molar-refractivity contribution in [2.24, 2.45) is 0 Å². The maximum absolute atomic E-state index is 10.3. The molecule has 1 saturated heterocycles. The molecular weight excluding hydrogens is 340 g/mol. The molecule has 0 amide bonds. The molecule has 27 heavy (non-hydrogen) atoms. The molecule has 2 aromatic rings. The number of ether oxygens (including phenoxy) is 2. The van der Waals surface area contributed by atoms with Crippen LogP contribution >= 0.6 is 0 Å². The van der Waals surface area contributed by atoms with Crippen LogP contribution in [0.25, 0.3) is 0 Å². The Bertz CT molecular complexity index is 657. The summed E-state index contributed by atoms with van der Waals surface area (Å²) in [6.45, 7) is 6.64. The van der Waals surface area contributed by atoms with Gasteiger partial charge in [-0.15, -0.1) is 0 Å². The Morgan fingerprint density at radius 3 is 2.48 bits per heavy atom. The van der Waals surface area contributed by atoms with Gasteiger partial charge in [0.2, 0.25) is 0 Å². The summed E-state index contributed by atoms with van der Waals surface area (Å²) in [6.07, 6.45) is -0.473. The number of rotatable bonds is 9. The van der Waals surface area contributed by atoms with Gasteiger partial charge in [-0.2, -0.15) is 0 Å². The van der Waals surface area contributed by atoms with Crippen LogP contribution in [0.5, 0.6) is 5.75 Å². The molecule has 5 nitrogen and oxygen atoms in total. The predicted octanol–water partition coefficient (Wildman–Crippen LogP) is 2.56. The molecule has 0 aliphatic carbocycles. The lowest BCUT2D eigenvalue weighted by molar-refractivity contribution is 0.0322. The minimum absolute atomic E-state index is 0.473. The summed E-state index contributed by atoms with van der Waals surface area (Å²) in [4.78, 5) is 4.50. The van der Waals surface area contributed by atoms with Crippen LogP contribution in [-0.4, -0.2) is 68.0 Å². The van der Waals surface area contributed by atoms with Gasteiger partial charge in [0.25, 0.3) is 0 Å². The van der Waals surface area contributed by atoms with E-state index in [1.807, 2.05) is 49.5 Å². The van der Waals surface area contributed by atoms with Crippen molar-refractivity contribution in [1.82, 2.24) is 9.80 Å². The van der Waals surface area contributed by atoms with E-state index in [1.165, 1.54) is 5.56 Å². The number of aliphatic hydroxyl groups is 1. The first-order valence-corrected chi connectivity index (χ1v) is 9.64. The van der Waals surface area contributed by atoms with E-state index in [1.54, 1.807) is 0 Å². The predicted molar refractivity (Wildman–Crippen MR) is 107 cm³/mol. The first kappa shape index (κ1) is 19.8. The lowest BCUT2D eigenvalue weighted by atomic mass is 10.1. The lowest BCUT2D eigenvalue weighted by Crippen LogP contribution is -2.38. The molecule has 1 N–H and O–H groups in total. The molecular formula is C22H30N2O3. The Hall–Kier alpha value is -1.92. The molecule has 1 atom stereocenters. The minimum atomic E-state index is -0.473. The smallest absolute Gasteiger partial charge is 0.119 e. The normalized spacial score (nSPS) is 16.4. The van der Waals surface area contributed by atoms with Crippen LogP contribution in [0, 0.1) is 0 Å². The van der Waals surface area contributed by atoms with Crippen LogP contribution < -0.4 is 4.74 Å². The van der Waals surface area contributed by atoms with E-state index < -0.39 is 6.10 Å². The third kappa shape index (κ3) is 6.63. The Balaban J connectivity index is 1.40. The Kier molecular flexibility index (Phi) is 7.66. The summed E-state index contributed by atoms with van der Waals surface area (Å²) in [7, 11) is 2.03. The molecule has 1 fully saturated rings. The van der Waals surface area contributed by atoms with Crippen molar-refractivity contribution in [2.75, 3.05) is 53.0 Å². The van der Waals surface area contributed by atoms with Crippen molar-refractivity contribution in [3.05, 3.63) is 65.7 Å². The van der Waals surface area contributed by atoms with Gasteiger partial charge in [0.1, 0.15) is 12.4 Å². The van der Waals surface area contributed by atoms with E-state index in [2.05, 4.69) is 21.9 Å². The molecule has 146 valence electrons. The number of nitrogens with zero attached hydrogens (tertiary/aromatic N) is 2. The maximum atomic E-state index is 10.3. The number of likely N-dealkylation sites (N-methyl/N-ethyl adjacent to an activating group) is 1. The fourth-order valence-electron chi connectivity index (χ4n) is 3.26. The van der Waals surface area contributed by atoms with Crippen molar-refractivity contribution < 1.29 is 14.6 Å². The van der Waals surface area contributed by atoms with Crippen LogP contribution in [0.3, 0.4) is 0 Å². The van der Waals surface area contributed by atoms with Gasteiger partial charge >= 0.3 is 0 Å². The second-order valence-corrected chi connectivity index (χ2v) is 7.07. The largest absolute Gasteiger partial charge is 0.492 e. The van der Waals surface area contributed by atoms with E-state index in [0.29, 0.717) is 13.2 Å². The van der Waals surface area contributed by atoms with Gasteiger partial charge in [-0.05, 0) is 30.3 Å². The summed E-state index contributed by atoms with van der Waals surface area (Å²) in [6, 6.07) is 18.0. The topological polar surface area (TPSA) is 45.2 Å². The minimum Gasteiger partial charge on any atom is -0.492 e. The second kappa shape index (κ2) is 10.4. The molecule has 0 spiro atoms. The maximum Gasteiger partial charge on any atom is 0.119 e. The van der Waals surface area contributed by atoms with Gasteiger partial charge in [-0.3, -0.25) is 9.80 Å². The number of hydrogen-bond acceptors (Lipinski definition) is 5. The molecule has 1 aliphatic heterocycles. The number of aliphatic hydroxyl groups excluding tert-OH is 1. The Labute approximate surface area is 162 Å². The fraction of sp³-hybridized carbons (Fsp3) is 0.455. The van der Waals surface area contributed by atoms with Gasteiger partial charge in [0.05, 0.1) is 19.3 Å². The third-order valence-corrected chi connectivity index (χ3v) is 4.82. The lowest BCUT2D eigenvalue weighted by Gasteiger charge is -2.26. The van der Waals surface area contributed by atoms with Crippen LogP contribution in [0.4, 0.5) is 0 Å². The van der Waals surface area contributed by atoms with Crippen LogP contribution in [-0.2, 0) is 11.3 Å². The van der Waals surface area contributed by atoms with Crippen molar-refractivity contribution in [1.29, 1.82) is 0 Å². The van der Waals surface area contributed by atoms with Gasteiger partial charge in [0.15, 0.2) is 0 Å². The summed E-state index contributed by atoms with van der Waals surface area (Å²) in [5.74, 6) is 0.902. The number of morpholine rings is 1. The molecule has 0 radical (unpaired) electrons. The van der Waals surface area contributed by atoms with E-state index in [4.69, 9.17) is 9.47 Å². The molecule has 2 aromatic carbocycles. The van der Waals surface area contributed by atoms with Crippen molar-refractivity contribution in [2.45, 2.75) is 12.6 Å². The van der Waals surface area contributed by atoms with Crippen LogP contribution in [0.1, 0.15) is 17.2 Å².